The van der Waals surface area contributed by atoms with Gasteiger partial charge in [0, 0.05) is 15.9 Å². The van der Waals surface area contributed by atoms with Crippen molar-refractivity contribution in [2.45, 2.75) is 31.2 Å². The van der Waals surface area contributed by atoms with Gasteiger partial charge in [-0.1, -0.05) is 46.6 Å². The summed E-state index contributed by atoms with van der Waals surface area (Å²) in [7, 11) is 0. The van der Waals surface area contributed by atoms with E-state index in [1.807, 2.05) is 23.9 Å². The summed E-state index contributed by atoms with van der Waals surface area (Å²) in [5, 5.41) is 4.50. The van der Waals surface area contributed by atoms with Crippen molar-refractivity contribution in [1.29, 1.82) is 0 Å². The topological polar surface area (TPSA) is 24.4 Å². The maximum atomic E-state index is 4.90. The van der Waals surface area contributed by atoms with Gasteiger partial charge in [-0.15, -0.1) is 0 Å². The van der Waals surface area contributed by atoms with Crippen LogP contribution in [0.3, 0.4) is 0 Å². The van der Waals surface area contributed by atoms with Gasteiger partial charge < -0.3 is 5.32 Å². The van der Waals surface area contributed by atoms with E-state index in [2.05, 4.69) is 33.4 Å². The Kier molecular flexibility index (Phi) is 3.17. The number of amidine groups is 1. The molecule has 0 bridgehead atoms. The zero-order chi connectivity index (χ0) is 11.7. The zero-order valence-corrected chi connectivity index (χ0v) is 12.0. The fourth-order valence-corrected chi connectivity index (χ4v) is 4.13. The summed E-state index contributed by atoms with van der Waals surface area (Å²) in [6, 6.07) is 8.24. The van der Waals surface area contributed by atoms with Gasteiger partial charge in [0.15, 0.2) is 5.17 Å². The van der Waals surface area contributed by atoms with Crippen LogP contribution in [0, 0.1) is 0 Å². The summed E-state index contributed by atoms with van der Waals surface area (Å²) >= 11 is 5.35. The lowest BCUT2D eigenvalue weighted by Gasteiger charge is -2.16. The van der Waals surface area contributed by atoms with E-state index in [4.69, 9.17) is 4.99 Å². The van der Waals surface area contributed by atoms with Crippen LogP contribution in [0.4, 0.5) is 5.69 Å². The Morgan fingerprint density at radius 1 is 1.29 bits per heavy atom. The summed E-state index contributed by atoms with van der Waals surface area (Å²) in [4.78, 5) is 4.90. The van der Waals surface area contributed by atoms with Crippen molar-refractivity contribution < 1.29 is 0 Å². The molecule has 0 saturated heterocycles. The molecule has 1 aliphatic carbocycles. The number of benzene rings is 1. The number of hydrogen-bond acceptors (Lipinski definition) is 3. The van der Waals surface area contributed by atoms with Crippen LogP contribution >= 0.6 is 27.7 Å². The average Bonchev–Trinajstić information content (AvgIpc) is 2.90. The molecule has 1 aliphatic heterocycles. The Labute approximate surface area is 114 Å². The zero-order valence-electron chi connectivity index (χ0n) is 9.58. The van der Waals surface area contributed by atoms with Crippen molar-refractivity contribution in [3.63, 3.8) is 0 Å². The molecule has 0 unspecified atom stereocenters. The molecule has 0 amide bonds. The smallest absolute Gasteiger partial charge is 0.161 e. The number of nitrogens with one attached hydrogen (secondary N) is 1. The Balaban J connectivity index is 1.74. The number of nitrogens with zero attached hydrogens (tertiary/aromatic N) is 1. The summed E-state index contributed by atoms with van der Waals surface area (Å²) in [6.45, 7) is 0. The van der Waals surface area contributed by atoms with E-state index < -0.39 is 0 Å². The predicted molar refractivity (Wildman–Crippen MR) is 78.9 cm³/mol. The van der Waals surface area contributed by atoms with E-state index in [-0.39, 0.29) is 5.54 Å². The molecule has 1 aromatic carbocycles. The molecule has 1 aromatic rings. The lowest BCUT2D eigenvalue weighted by atomic mass is 10.0. The first-order valence-electron chi connectivity index (χ1n) is 6.01. The quantitative estimate of drug-likeness (QED) is 0.837. The number of hydrogen-bond donors (Lipinski definition) is 1. The molecule has 2 aliphatic rings. The van der Waals surface area contributed by atoms with Gasteiger partial charge in [-0.3, -0.25) is 4.99 Å². The SMILES string of the molecule is Brc1cccc(NC2=NC3(CCCC3)CS2)c1. The number of anilines is 1. The van der Waals surface area contributed by atoms with Crippen LogP contribution in [0.2, 0.25) is 0 Å². The molecule has 17 heavy (non-hydrogen) atoms. The second kappa shape index (κ2) is 4.65. The summed E-state index contributed by atoms with van der Waals surface area (Å²) in [5.74, 6) is 1.16. The van der Waals surface area contributed by atoms with Crippen LogP contribution in [0.1, 0.15) is 25.7 Å². The molecular formula is C13H15BrN2S. The number of aliphatic imine (C=N–C) groups is 1. The third-order valence-corrected chi connectivity index (χ3v) is 5.07. The first kappa shape index (κ1) is 11.6. The summed E-state index contributed by atoms with van der Waals surface area (Å²) < 4.78 is 1.10. The molecule has 2 nitrogen and oxygen atoms in total. The van der Waals surface area contributed by atoms with Gasteiger partial charge in [-0.05, 0) is 31.0 Å². The van der Waals surface area contributed by atoms with Gasteiger partial charge >= 0.3 is 0 Å². The highest BCUT2D eigenvalue weighted by atomic mass is 79.9. The molecule has 1 N–H and O–H groups in total. The molecule has 0 radical (unpaired) electrons. The minimum absolute atomic E-state index is 0.263. The van der Waals surface area contributed by atoms with E-state index in [1.54, 1.807) is 0 Å². The first-order valence-corrected chi connectivity index (χ1v) is 7.79. The normalized spacial score (nSPS) is 21.8. The molecular weight excluding hydrogens is 296 g/mol. The fraction of sp³-hybridized carbons (Fsp3) is 0.462. The van der Waals surface area contributed by atoms with Gasteiger partial charge in [-0.2, -0.15) is 0 Å². The second-order valence-electron chi connectivity index (χ2n) is 4.77. The third kappa shape index (κ3) is 2.52. The van der Waals surface area contributed by atoms with E-state index in [0.29, 0.717) is 0 Å². The third-order valence-electron chi connectivity index (χ3n) is 3.43. The van der Waals surface area contributed by atoms with Crippen molar-refractivity contribution in [3.8, 4) is 0 Å². The van der Waals surface area contributed by atoms with Crippen LogP contribution in [-0.2, 0) is 0 Å². The van der Waals surface area contributed by atoms with Crippen molar-refractivity contribution in [3.05, 3.63) is 28.7 Å². The first-order chi connectivity index (χ1) is 8.26. The summed E-state index contributed by atoms with van der Waals surface area (Å²) in [6.07, 6.45) is 5.22. The van der Waals surface area contributed by atoms with Crippen molar-refractivity contribution in [2.24, 2.45) is 4.99 Å². The number of rotatable bonds is 1. The number of halogens is 1. The van der Waals surface area contributed by atoms with Gasteiger partial charge in [0.05, 0.1) is 5.54 Å². The maximum Gasteiger partial charge on any atom is 0.161 e. The van der Waals surface area contributed by atoms with Crippen molar-refractivity contribution >= 4 is 38.5 Å². The van der Waals surface area contributed by atoms with E-state index in [9.17, 15) is 0 Å². The second-order valence-corrected chi connectivity index (χ2v) is 6.65. The summed E-state index contributed by atoms with van der Waals surface area (Å²) in [5.41, 5.74) is 1.37. The van der Waals surface area contributed by atoms with Gasteiger partial charge in [0.2, 0.25) is 0 Å². The Hall–Kier alpha value is -0.480. The number of thioether (sulfide) groups is 1. The van der Waals surface area contributed by atoms with Crippen LogP contribution in [0.15, 0.2) is 33.7 Å². The molecule has 90 valence electrons. The minimum Gasteiger partial charge on any atom is -0.335 e. The van der Waals surface area contributed by atoms with Gasteiger partial charge in [-0.25, -0.2) is 0 Å². The van der Waals surface area contributed by atoms with Crippen LogP contribution in [-0.4, -0.2) is 16.5 Å². The van der Waals surface area contributed by atoms with E-state index in [1.165, 1.54) is 25.7 Å². The molecule has 0 atom stereocenters. The highest BCUT2D eigenvalue weighted by Crippen LogP contribution is 2.41. The fourth-order valence-electron chi connectivity index (χ4n) is 2.53. The van der Waals surface area contributed by atoms with Crippen molar-refractivity contribution in [2.75, 3.05) is 11.1 Å². The maximum absolute atomic E-state index is 4.90. The lowest BCUT2D eigenvalue weighted by Crippen LogP contribution is -2.21. The molecule has 4 heteroatoms. The van der Waals surface area contributed by atoms with Crippen molar-refractivity contribution in [1.82, 2.24) is 0 Å². The Morgan fingerprint density at radius 3 is 2.88 bits per heavy atom. The molecule has 3 rings (SSSR count). The largest absolute Gasteiger partial charge is 0.335 e. The van der Waals surface area contributed by atoms with Crippen LogP contribution < -0.4 is 5.32 Å². The molecule has 0 aromatic heterocycles. The van der Waals surface area contributed by atoms with Crippen LogP contribution in [0.5, 0.6) is 0 Å². The van der Waals surface area contributed by atoms with E-state index >= 15 is 0 Å². The average molecular weight is 311 g/mol. The Morgan fingerprint density at radius 2 is 2.12 bits per heavy atom. The van der Waals surface area contributed by atoms with E-state index in [0.717, 1.165) is 21.1 Å². The van der Waals surface area contributed by atoms with Gasteiger partial charge in [0.1, 0.15) is 0 Å². The monoisotopic (exact) mass is 310 g/mol. The minimum atomic E-state index is 0.263. The molecule has 1 heterocycles. The molecule has 1 saturated carbocycles. The van der Waals surface area contributed by atoms with Gasteiger partial charge in [0.25, 0.3) is 0 Å². The Bertz CT molecular complexity index is 452. The highest BCUT2D eigenvalue weighted by Gasteiger charge is 2.38. The standard InChI is InChI=1S/C13H15BrN2S/c14-10-4-3-5-11(8-10)15-12-16-13(9-17-12)6-1-2-7-13/h3-5,8H,1-2,6-7,9H2,(H,15,16). The van der Waals surface area contributed by atoms with Crippen LogP contribution in [0.25, 0.3) is 0 Å². The predicted octanol–water partition coefficient (Wildman–Crippen LogP) is 4.28. The molecule has 1 spiro atoms. The lowest BCUT2D eigenvalue weighted by molar-refractivity contribution is 0.508. The molecule has 1 fully saturated rings. The highest BCUT2D eigenvalue weighted by molar-refractivity contribution is 9.10.